The molecule has 1 heterocycles. The smallest absolute Gasteiger partial charge is 0.0697 e. The summed E-state index contributed by atoms with van der Waals surface area (Å²) in [5.41, 5.74) is 3.31. The third-order valence-electron chi connectivity index (χ3n) is 6.52. The SMILES string of the molecule is COCCC1(C)N=Cc2cc(C(C)(C)C)c3ccccc3c2C1(C)CCO. The highest BCUT2D eigenvalue weighted by molar-refractivity contribution is 5.99. The number of hydrogen-bond acceptors (Lipinski definition) is 3. The summed E-state index contributed by atoms with van der Waals surface area (Å²) in [6.45, 7) is 12.0. The molecule has 3 nitrogen and oxygen atoms in total. The van der Waals surface area contributed by atoms with Crippen LogP contribution in [0.5, 0.6) is 0 Å². The van der Waals surface area contributed by atoms with E-state index in [1.54, 1.807) is 7.11 Å². The van der Waals surface area contributed by atoms with Crippen molar-refractivity contribution < 1.29 is 9.84 Å². The summed E-state index contributed by atoms with van der Waals surface area (Å²) in [6, 6.07) is 11.0. The summed E-state index contributed by atoms with van der Waals surface area (Å²) in [4.78, 5) is 5.03. The minimum absolute atomic E-state index is 0.0483. The van der Waals surface area contributed by atoms with Gasteiger partial charge in [0.15, 0.2) is 0 Å². The van der Waals surface area contributed by atoms with E-state index in [1.807, 2.05) is 6.21 Å². The molecule has 0 bridgehead atoms. The largest absolute Gasteiger partial charge is 0.396 e. The monoisotopic (exact) mass is 367 g/mol. The summed E-state index contributed by atoms with van der Waals surface area (Å²) in [5.74, 6) is 0. The van der Waals surface area contributed by atoms with Crippen molar-refractivity contribution in [2.75, 3.05) is 20.3 Å². The summed E-state index contributed by atoms with van der Waals surface area (Å²) < 4.78 is 5.38. The fourth-order valence-electron chi connectivity index (χ4n) is 4.62. The average Bonchev–Trinajstić information content (AvgIpc) is 2.62. The maximum atomic E-state index is 9.94. The van der Waals surface area contributed by atoms with Crippen molar-refractivity contribution in [2.24, 2.45) is 4.99 Å². The molecular weight excluding hydrogens is 334 g/mol. The van der Waals surface area contributed by atoms with Gasteiger partial charge in [0.05, 0.1) is 5.54 Å². The van der Waals surface area contributed by atoms with E-state index in [9.17, 15) is 5.11 Å². The number of rotatable bonds is 5. The van der Waals surface area contributed by atoms with Crippen LogP contribution in [0.25, 0.3) is 10.8 Å². The van der Waals surface area contributed by atoms with E-state index < -0.39 is 0 Å². The molecule has 27 heavy (non-hydrogen) atoms. The minimum Gasteiger partial charge on any atom is -0.396 e. The van der Waals surface area contributed by atoms with Crippen LogP contribution in [0.3, 0.4) is 0 Å². The summed E-state index contributed by atoms with van der Waals surface area (Å²) in [6.07, 6.45) is 3.55. The molecule has 0 amide bonds. The second-order valence-corrected chi connectivity index (χ2v) is 9.26. The van der Waals surface area contributed by atoms with Gasteiger partial charge in [-0.2, -0.15) is 0 Å². The van der Waals surface area contributed by atoms with Gasteiger partial charge < -0.3 is 9.84 Å². The number of aliphatic hydroxyl groups is 1. The minimum atomic E-state index is -0.315. The second kappa shape index (κ2) is 7.03. The number of benzene rings is 2. The molecule has 1 aliphatic heterocycles. The van der Waals surface area contributed by atoms with Crippen molar-refractivity contribution in [1.29, 1.82) is 0 Å². The Morgan fingerprint density at radius 1 is 1.07 bits per heavy atom. The van der Waals surface area contributed by atoms with Gasteiger partial charge in [-0.25, -0.2) is 0 Å². The standard InChI is InChI=1S/C24H33NO2/c1-22(2,3)20-15-17-16-25-24(5,12-14-27-6)23(4,11-13-26)21(17)19-10-8-7-9-18(19)20/h7-10,15-16,26H,11-14H2,1-6H3. The first-order valence-corrected chi connectivity index (χ1v) is 9.90. The lowest BCUT2D eigenvalue weighted by atomic mass is 9.60. The molecule has 1 N–H and O–H groups in total. The zero-order chi connectivity index (χ0) is 19.9. The molecule has 1 aliphatic rings. The van der Waals surface area contributed by atoms with Gasteiger partial charge in [-0.15, -0.1) is 0 Å². The lowest BCUT2D eigenvalue weighted by molar-refractivity contribution is 0.123. The van der Waals surface area contributed by atoms with Crippen LogP contribution in [0.15, 0.2) is 35.3 Å². The van der Waals surface area contributed by atoms with Crippen LogP contribution in [0.4, 0.5) is 0 Å². The van der Waals surface area contributed by atoms with Crippen molar-refractivity contribution >= 4 is 17.0 Å². The van der Waals surface area contributed by atoms with E-state index in [1.165, 1.54) is 27.5 Å². The van der Waals surface area contributed by atoms with Crippen LogP contribution < -0.4 is 0 Å². The molecule has 0 saturated carbocycles. The molecule has 0 spiro atoms. The van der Waals surface area contributed by atoms with E-state index in [0.717, 1.165) is 6.42 Å². The summed E-state index contributed by atoms with van der Waals surface area (Å²) in [7, 11) is 1.73. The van der Waals surface area contributed by atoms with Crippen molar-refractivity contribution in [3.05, 3.63) is 47.0 Å². The van der Waals surface area contributed by atoms with Crippen LogP contribution in [-0.2, 0) is 15.6 Å². The first kappa shape index (κ1) is 20.0. The van der Waals surface area contributed by atoms with Crippen molar-refractivity contribution in [2.45, 2.75) is 63.8 Å². The number of ether oxygens (including phenoxy) is 1. The molecule has 0 fully saturated rings. The number of hydrogen-bond donors (Lipinski definition) is 1. The molecule has 2 atom stereocenters. The van der Waals surface area contributed by atoms with E-state index in [4.69, 9.17) is 9.73 Å². The van der Waals surface area contributed by atoms with E-state index in [0.29, 0.717) is 13.0 Å². The normalized spacial score (nSPS) is 25.0. The molecule has 3 rings (SSSR count). The third-order valence-corrected chi connectivity index (χ3v) is 6.52. The first-order chi connectivity index (χ1) is 12.7. The summed E-state index contributed by atoms with van der Waals surface area (Å²) >= 11 is 0. The molecule has 0 saturated heterocycles. The number of nitrogens with zero attached hydrogens (tertiary/aromatic N) is 1. The highest BCUT2D eigenvalue weighted by Gasteiger charge is 2.48. The van der Waals surface area contributed by atoms with Gasteiger partial charge in [0, 0.05) is 32.0 Å². The number of fused-ring (bicyclic) bond motifs is 3. The second-order valence-electron chi connectivity index (χ2n) is 9.26. The molecular formula is C24H33NO2. The number of methoxy groups -OCH3 is 1. The maximum absolute atomic E-state index is 9.94. The molecule has 146 valence electrons. The van der Waals surface area contributed by atoms with E-state index >= 15 is 0 Å². The third kappa shape index (κ3) is 3.21. The highest BCUT2D eigenvalue weighted by atomic mass is 16.5. The Labute approximate surface area is 163 Å². The Morgan fingerprint density at radius 2 is 1.74 bits per heavy atom. The molecule has 2 aromatic rings. The predicted molar refractivity (Wildman–Crippen MR) is 114 cm³/mol. The highest BCUT2D eigenvalue weighted by Crippen LogP contribution is 2.50. The Bertz CT molecular complexity index is 865. The van der Waals surface area contributed by atoms with Crippen molar-refractivity contribution in [3.63, 3.8) is 0 Å². The van der Waals surface area contributed by atoms with Crippen molar-refractivity contribution in [1.82, 2.24) is 0 Å². The number of aliphatic hydroxyl groups excluding tert-OH is 1. The fraction of sp³-hybridized carbons (Fsp3) is 0.542. The lowest BCUT2D eigenvalue weighted by Crippen LogP contribution is -2.50. The molecule has 3 heteroatoms. The van der Waals surface area contributed by atoms with Gasteiger partial charge in [0.25, 0.3) is 0 Å². The fourth-order valence-corrected chi connectivity index (χ4v) is 4.62. The van der Waals surface area contributed by atoms with E-state index in [2.05, 4.69) is 65.0 Å². The zero-order valence-electron chi connectivity index (χ0n) is 17.6. The Morgan fingerprint density at radius 3 is 2.33 bits per heavy atom. The quantitative estimate of drug-likeness (QED) is 0.807. The van der Waals surface area contributed by atoms with Crippen LogP contribution in [0, 0.1) is 0 Å². The van der Waals surface area contributed by atoms with Gasteiger partial charge in [0.1, 0.15) is 0 Å². The zero-order valence-corrected chi connectivity index (χ0v) is 17.6. The Hall–Kier alpha value is -1.71. The Balaban J connectivity index is 2.35. The summed E-state index contributed by atoms with van der Waals surface area (Å²) in [5, 5.41) is 12.5. The molecule has 0 aliphatic carbocycles. The molecule has 0 radical (unpaired) electrons. The van der Waals surface area contributed by atoms with Crippen LogP contribution >= 0.6 is 0 Å². The average molecular weight is 368 g/mol. The number of aliphatic imine (C=N–C) groups is 1. The lowest BCUT2D eigenvalue weighted by Gasteiger charge is -2.48. The van der Waals surface area contributed by atoms with Gasteiger partial charge in [-0.3, -0.25) is 4.99 Å². The van der Waals surface area contributed by atoms with Gasteiger partial charge in [0.2, 0.25) is 0 Å². The van der Waals surface area contributed by atoms with Gasteiger partial charge >= 0.3 is 0 Å². The van der Waals surface area contributed by atoms with Crippen LogP contribution in [0.1, 0.15) is 64.2 Å². The first-order valence-electron chi connectivity index (χ1n) is 9.90. The maximum Gasteiger partial charge on any atom is 0.0697 e. The van der Waals surface area contributed by atoms with Gasteiger partial charge in [-0.05, 0) is 58.7 Å². The van der Waals surface area contributed by atoms with Crippen molar-refractivity contribution in [3.8, 4) is 0 Å². The Kier molecular flexibility index (Phi) is 5.22. The van der Waals surface area contributed by atoms with E-state index in [-0.39, 0.29) is 23.0 Å². The predicted octanol–water partition coefficient (Wildman–Crippen LogP) is 5.01. The van der Waals surface area contributed by atoms with Crippen LogP contribution in [-0.4, -0.2) is 37.2 Å². The van der Waals surface area contributed by atoms with Crippen LogP contribution in [0.2, 0.25) is 0 Å². The topological polar surface area (TPSA) is 41.8 Å². The molecule has 0 aromatic heterocycles. The van der Waals surface area contributed by atoms with Gasteiger partial charge in [-0.1, -0.05) is 52.0 Å². The molecule has 2 aromatic carbocycles. The molecule has 2 unspecified atom stereocenters.